The van der Waals surface area contributed by atoms with Crippen molar-refractivity contribution in [2.24, 2.45) is 0 Å². The minimum absolute atomic E-state index is 0.524. The fraction of sp³-hybridized carbons (Fsp3) is 0.200. The number of anilines is 1. The molecule has 0 radical (unpaired) electrons. The molecule has 0 bridgehead atoms. The van der Waals surface area contributed by atoms with Gasteiger partial charge in [-0.15, -0.1) is 10.2 Å². The topological polar surface area (TPSA) is 61.0 Å². The number of aromatic nitrogens is 2. The molecule has 2 N–H and O–H groups in total. The van der Waals surface area contributed by atoms with Crippen LogP contribution in [0.1, 0.15) is 11.4 Å². The fourth-order valence-electron chi connectivity index (χ4n) is 2.04. The summed E-state index contributed by atoms with van der Waals surface area (Å²) >= 11 is 1.44. The molecule has 4 nitrogen and oxygen atoms in total. The van der Waals surface area contributed by atoms with Crippen molar-refractivity contribution in [2.45, 2.75) is 12.8 Å². The number of fused-ring (bicyclic) bond motifs is 1. The zero-order valence-electron chi connectivity index (χ0n) is 11.0. The lowest BCUT2D eigenvalue weighted by molar-refractivity contribution is 0.311. The summed E-state index contributed by atoms with van der Waals surface area (Å²) in [6, 6.07) is 14.4. The van der Waals surface area contributed by atoms with E-state index >= 15 is 0 Å². The fourth-order valence-corrected chi connectivity index (χ4v) is 2.69. The Morgan fingerprint density at radius 3 is 2.70 bits per heavy atom. The van der Waals surface area contributed by atoms with E-state index in [0.29, 0.717) is 11.7 Å². The highest BCUT2D eigenvalue weighted by atomic mass is 32.1. The van der Waals surface area contributed by atoms with E-state index in [4.69, 9.17) is 10.5 Å². The van der Waals surface area contributed by atoms with Crippen molar-refractivity contribution < 1.29 is 4.74 Å². The number of nitrogen functional groups attached to an aromatic ring is 1. The van der Waals surface area contributed by atoms with Crippen molar-refractivity contribution in [3.8, 4) is 5.75 Å². The van der Waals surface area contributed by atoms with E-state index in [0.717, 1.165) is 23.6 Å². The van der Waals surface area contributed by atoms with Crippen LogP contribution in [0.25, 0.3) is 10.8 Å². The van der Waals surface area contributed by atoms with Gasteiger partial charge in [0.1, 0.15) is 10.8 Å². The standard InChI is InChI=1S/C15H15N3OS/c16-15-18-17-14(20-15)6-3-9-19-13-8-7-11-4-1-2-5-12(11)10-13/h1-2,4-5,7-8,10H,3,6,9H2,(H2,16,18). The Bertz CT molecular complexity index is 711. The number of hydrogen-bond acceptors (Lipinski definition) is 5. The van der Waals surface area contributed by atoms with Crippen LogP contribution in [0.5, 0.6) is 5.75 Å². The Hall–Kier alpha value is -2.14. The Kier molecular flexibility index (Phi) is 3.78. The van der Waals surface area contributed by atoms with Gasteiger partial charge in [-0.3, -0.25) is 0 Å². The van der Waals surface area contributed by atoms with Crippen molar-refractivity contribution in [2.75, 3.05) is 12.3 Å². The minimum Gasteiger partial charge on any atom is -0.494 e. The Morgan fingerprint density at radius 1 is 1.05 bits per heavy atom. The molecule has 3 rings (SSSR count). The van der Waals surface area contributed by atoms with Crippen molar-refractivity contribution in [1.29, 1.82) is 0 Å². The molecule has 3 aromatic rings. The van der Waals surface area contributed by atoms with E-state index in [1.807, 2.05) is 18.2 Å². The maximum absolute atomic E-state index is 5.77. The molecule has 0 saturated heterocycles. The molecule has 0 fully saturated rings. The van der Waals surface area contributed by atoms with E-state index in [9.17, 15) is 0 Å². The highest BCUT2D eigenvalue weighted by Gasteiger charge is 2.01. The minimum atomic E-state index is 0.524. The van der Waals surface area contributed by atoms with Crippen LogP contribution in [-0.4, -0.2) is 16.8 Å². The zero-order valence-corrected chi connectivity index (χ0v) is 11.8. The first-order valence-electron chi connectivity index (χ1n) is 6.51. The third-order valence-corrected chi connectivity index (χ3v) is 3.82. The van der Waals surface area contributed by atoms with Crippen LogP contribution < -0.4 is 10.5 Å². The predicted octanol–water partition coefficient (Wildman–Crippen LogP) is 3.29. The second kappa shape index (κ2) is 5.88. The molecular formula is C15H15N3OS. The largest absolute Gasteiger partial charge is 0.494 e. The maximum Gasteiger partial charge on any atom is 0.203 e. The second-order valence-corrected chi connectivity index (χ2v) is 5.59. The molecule has 0 unspecified atom stereocenters. The van der Waals surface area contributed by atoms with E-state index in [1.165, 1.54) is 22.1 Å². The molecule has 20 heavy (non-hydrogen) atoms. The van der Waals surface area contributed by atoms with Gasteiger partial charge in [0.15, 0.2) is 0 Å². The molecule has 0 aliphatic carbocycles. The lowest BCUT2D eigenvalue weighted by Gasteiger charge is -2.06. The number of aryl methyl sites for hydroxylation is 1. The molecule has 0 atom stereocenters. The number of ether oxygens (including phenoxy) is 1. The third-order valence-electron chi connectivity index (χ3n) is 3.01. The van der Waals surface area contributed by atoms with Gasteiger partial charge in [0.25, 0.3) is 0 Å². The summed E-state index contributed by atoms with van der Waals surface area (Å²) in [5, 5.41) is 11.7. The normalized spacial score (nSPS) is 10.8. The van der Waals surface area contributed by atoms with Crippen molar-refractivity contribution in [1.82, 2.24) is 10.2 Å². The van der Waals surface area contributed by atoms with Gasteiger partial charge in [0.05, 0.1) is 6.61 Å². The van der Waals surface area contributed by atoms with Crippen LogP contribution in [0.2, 0.25) is 0 Å². The summed E-state index contributed by atoms with van der Waals surface area (Å²) in [5.74, 6) is 0.903. The molecule has 0 aliphatic rings. The lowest BCUT2D eigenvalue weighted by Crippen LogP contribution is -1.99. The van der Waals surface area contributed by atoms with Gasteiger partial charge in [0.2, 0.25) is 5.13 Å². The molecule has 0 saturated carbocycles. The van der Waals surface area contributed by atoms with E-state index < -0.39 is 0 Å². The first-order chi connectivity index (χ1) is 9.81. The SMILES string of the molecule is Nc1nnc(CCCOc2ccc3ccccc3c2)s1. The number of rotatable bonds is 5. The Balaban J connectivity index is 1.54. The highest BCUT2D eigenvalue weighted by Crippen LogP contribution is 2.21. The van der Waals surface area contributed by atoms with Gasteiger partial charge in [-0.2, -0.15) is 0 Å². The Labute approximate surface area is 121 Å². The molecule has 0 aliphatic heterocycles. The molecule has 5 heteroatoms. The first-order valence-corrected chi connectivity index (χ1v) is 7.32. The molecule has 1 aromatic heterocycles. The van der Waals surface area contributed by atoms with Crippen LogP contribution in [0, 0.1) is 0 Å². The average Bonchev–Trinajstić information content (AvgIpc) is 2.89. The van der Waals surface area contributed by atoms with Crippen molar-refractivity contribution in [3.63, 3.8) is 0 Å². The number of benzene rings is 2. The second-order valence-electron chi connectivity index (χ2n) is 4.50. The molecule has 2 aromatic carbocycles. The van der Waals surface area contributed by atoms with Gasteiger partial charge in [0, 0.05) is 6.42 Å². The van der Waals surface area contributed by atoms with Gasteiger partial charge in [-0.1, -0.05) is 41.7 Å². The van der Waals surface area contributed by atoms with Gasteiger partial charge in [-0.25, -0.2) is 0 Å². The summed E-state index contributed by atoms with van der Waals surface area (Å²) in [6.07, 6.45) is 1.75. The zero-order chi connectivity index (χ0) is 13.8. The molecule has 102 valence electrons. The molecule has 0 amide bonds. The monoisotopic (exact) mass is 285 g/mol. The highest BCUT2D eigenvalue weighted by molar-refractivity contribution is 7.15. The van der Waals surface area contributed by atoms with Crippen LogP contribution in [0.15, 0.2) is 42.5 Å². The summed E-state index contributed by atoms with van der Waals surface area (Å²) in [4.78, 5) is 0. The summed E-state index contributed by atoms with van der Waals surface area (Å²) in [7, 11) is 0. The smallest absolute Gasteiger partial charge is 0.203 e. The van der Waals surface area contributed by atoms with Gasteiger partial charge in [-0.05, 0) is 29.3 Å². The third kappa shape index (κ3) is 3.05. The van der Waals surface area contributed by atoms with Crippen molar-refractivity contribution in [3.05, 3.63) is 47.5 Å². The Morgan fingerprint density at radius 2 is 1.90 bits per heavy atom. The van der Waals surface area contributed by atoms with E-state index in [1.54, 1.807) is 0 Å². The van der Waals surface area contributed by atoms with E-state index in [-0.39, 0.29) is 0 Å². The van der Waals surface area contributed by atoms with Crippen LogP contribution in [-0.2, 0) is 6.42 Å². The summed E-state index contributed by atoms with van der Waals surface area (Å²) in [5.41, 5.74) is 5.54. The number of nitrogens with zero attached hydrogens (tertiary/aromatic N) is 2. The first kappa shape index (κ1) is 12.9. The van der Waals surface area contributed by atoms with Crippen molar-refractivity contribution >= 4 is 27.2 Å². The van der Waals surface area contributed by atoms with Gasteiger partial charge < -0.3 is 10.5 Å². The summed E-state index contributed by atoms with van der Waals surface area (Å²) in [6.45, 7) is 0.665. The average molecular weight is 285 g/mol. The van der Waals surface area contributed by atoms with E-state index in [2.05, 4.69) is 34.5 Å². The number of hydrogen-bond donors (Lipinski definition) is 1. The molecule has 1 heterocycles. The van der Waals surface area contributed by atoms with Crippen LogP contribution in [0.4, 0.5) is 5.13 Å². The summed E-state index contributed by atoms with van der Waals surface area (Å²) < 4.78 is 5.77. The quantitative estimate of drug-likeness (QED) is 0.731. The number of nitrogens with two attached hydrogens (primary N) is 1. The molecular weight excluding hydrogens is 270 g/mol. The van der Waals surface area contributed by atoms with Crippen LogP contribution >= 0.6 is 11.3 Å². The van der Waals surface area contributed by atoms with Crippen LogP contribution in [0.3, 0.4) is 0 Å². The maximum atomic E-state index is 5.77. The molecule has 0 spiro atoms. The predicted molar refractivity (Wildman–Crippen MR) is 82.1 cm³/mol. The lowest BCUT2D eigenvalue weighted by atomic mass is 10.1. The van der Waals surface area contributed by atoms with Gasteiger partial charge >= 0.3 is 0 Å².